The van der Waals surface area contributed by atoms with Crippen molar-refractivity contribution in [3.8, 4) is 6.07 Å². The molecule has 0 aliphatic rings. The van der Waals surface area contributed by atoms with Gasteiger partial charge in [0.25, 0.3) is 0 Å². The number of nitrogen functional groups attached to an aromatic ring is 1. The van der Waals surface area contributed by atoms with Crippen LogP contribution in [0.2, 0.25) is 0 Å². The monoisotopic (exact) mass is 247 g/mol. The standard InChI is InChI=1S/C16H13N3/c17-10-12-1-3-13(4-2-12)11-19-8-7-14-5-6-15(18)9-16(14)19/h1-9H,11,18H2. The molecule has 0 radical (unpaired) electrons. The Morgan fingerprint density at radius 3 is 2.58 bits per heavy atom. The van der Waals surface area contributed by atoms with Crippen molar-refractivity contribution in [2.24, 2.45) is 0 Å². The molecule has 0 aliphatic carbocycles. The number of benzene rings is 2. The predicted molar refractivity (Wildman–Crippen MR) is 76.6 cm³/mol. The summed E-state index contributed by atoms with van der Waals surface area (Å²) in [6, 6.07) is 17.8. The Hall–Kier alpha value is -2.73. The zero-order chi connectivity index (χ0) is 13.2. The lowest BCUT2D eigenvalue weighted by Crippen LogP contribution is -1.98. The molecule has 0 amide bonds. The van der Waals surface area contributed by atoms with E-state index in [0.717, 1.165) is 17.7 Å². The lowest BCUT2D eigenvalue weighted by Gasteiger charge is -2.06. The smallest absolute Gasteiger partial charge is 0.0991 e. The molecule has 0 fully saturated rings. The highest BCUT2D eigenvalue weighted by Crippen LogP contribution is 2.20. The highest BCUT2D eigenvalue weighted by atomic mass is 14.9. The van der Waals surface area contributed by atoms with Gasteiger partial charge in [-0.3, -0.25) is 0 Å². The summed E-state index contributed by atoms with van der Waals surface area (Å²) in [6.45, 7) is 0.776. The number of anilines is 1. The van der Waals surface area contributed by atoms with Crippen molar-refractivity contribution in [1.29, 1.82) is 5.26 Å². The molecule has 0 bridgehead atoms. The summed E-state index contributed by atoms with van der Waals surface area (Å²) < 4.78 is 2.16. The highest BCUT2D eigenvalue weighted by molar-refractivity contribution is 5.83. The molecular weight excluding hydrogens is 234 g/mol. The molecule has 3 rings (SSSR count). The molecule has 1 heterocycles. The Morgan fingerprint density at radius 1 is 1.05 bits per heavy atom. The second-order valence-corrected chi connectivity index (χ2v) is 4.57. The summed E-state index contributed by atoms with van der Waals surface area (Å²) in [5.41, 5.74) is 9.58. The lowest BCUT2D eigenvalue weighted by atomic mass is 10.1. The fourth-order valence-electron chi connectivity index (χ4n) is 2.22. The van der Waals surface area contributed by atoms with Gasteiger partial charge in [-0.1, -0.05) is 18.2 Å². The number of aromatic nitrogens is 1. The molecule has 1 aromatic heterocycles. The van der Waals surface area contributed by atoms with E-state index >= 15 is 0 Å². The molecule has 0 saturated carbocycles. The van der Waals surface area contributed by atoms with Gasteiger partial charge < -0.3 is 10.3 Å². The summed E-state index contributed by atoms with van der Waals surface area (Å²) in [6.07, 6.45) is 2.06. The van der Waals surface area contributed by atoms with Crippen molar-refractivity contribution in [3.63, 3.8) is 0 Å². The Morgan fingerprint density at radius 2 is 1.84 bits per heavy atom. The SMILES string of the molecule is N#Cc1ccc(Cn2ccc3ccc(N)cc32)cc1. The Balaban J connectivity index is 1.96. The molecule has 0 atom stereocenters. The van der Waals surface area contributed by atoms with Gasteiger partial charge in [0.1, 0.15) is 0 Å². The average Bonchev–Trinajstić information content (AvgIpc) is 2.82. The molecule has 0 spiro atoms. The molecule has 0 saturated heterocycles. The second-order valence-electron chi connectivity index (χ2n) is 4.57. The quantitative estimate of drug-likeness (QED) is 0.707. The van der Waals surface area contributed by atoms with E-state index in [4.69, 9.17) is 11.0 Å². The Bertz CT molecular complexity index is 761. The van der Waals surface area contributed by atoms with Gasteiger partial charge in [-0.05, 0) is 41.3 Å². The average molecular weight is 247 g/mol. The highest BCUT2D eigenvalue weighted by Gasteiger charge is 2.02. The number of hydrogen-bond acceptors (Lipinski definition) is 2. The second kappa shape index (κ2) is 4.51. The van der Waals surface area contributed by atoms with Crippen molar-refractivity contribution in [2.75, 3.05) is 5.73 Å². The minimum atomic E-state index is 0.686. The number of hydrogen-bond donors (Lipinski definition) is 1. The molecule has 0 unspecified atom stereocenters. The van der Waals surface area contributed by atoms with Crippen LogP contribution in [-0.2, 0) is 6.54 Å². The first-order chi connectivity index (χ1) is 9.26. The summed E-state index contributed by atoms with van der Waals surface area (Å²) in [4.78, 5) is 0. The van der Waals surface area contributed by atoms with Gasteiger partial charge in [-0.25, -0.2) is 0 Å². The van der Waals surface area contributed by atoms with E-state index in [1.54, 1.807) is 0 Å². The number of rotatable bonds is 2. The molecule has 19 heavy (non-hydrogen) atoms. The van der Waals surface area contributed by atoms with Crippen molar-refractivity contribution in [1.82, 2.24) is 4.57 Å². The first-order valence-corrected chi connectivity index (χ1v) is 6.10. The normalized spacial score (nSPS) is 10.5. The maximum Gasteiger partial charge on any atom is 0.0991 e. The minimum absolute atomic E-state index is 0.686. The Kier molecular flexibility index (Phi) is 2.70. The van der Waals surface area contributed by atoms with Crippen LogP contribution < -0.4 is 5.73 Å². The van der Waals surface area contributed by atoms with Gasteiger partial charge in [-0.2, -0.15) is 5.26 Å². The third-order valence-electron chi connectivity index (χ3n) is 3.23. The van der Waals surface area contributed by atoms with Crippen LogP contribution in [0.4, 0.5) is 5.69 Å². The first-order valence-electron chi connectivity index (χ1n) is 6.10. The van der Waals surface area contributed by atoms with E-state index in [1.165, 1.54) is 10.9 Å². The molecule has 3 nitrogen and oxygen atoms in total. The van der Waals surface area contributed by atoms with E-state index in [0.29, 0.717) is 5.56 Å². The maximum absolute atomic E-state index is 8.79. The molecule has 2 N–H and O–H groups in total. The zero-order valence-corrected chi connectivity index (χ0v) is 10.4. The van der Waals surface area contributed by atoms with Gasteiger partial charge in [0.05, 0.1) is 17.1 Å². The van der Waals surface area contributed by atoms with Crippen LogP contribution in [0.1, 0.15) is 11.1 Å². The van der Waals surface area contributed by atoms with Crippen LogP contribution in [-0.4, -0.2) is 4.57 Å². The number of nitrogens with two attached hydrogens (primary N) is 1. The lowest BCUT2D eigenvalue weighted by molar-refractivity contribution is 0.837. The van der Waals surface area contributed by atoms with Crippen molar-refractivity contribution in [3.05, 3.63) is 65.9 Å². The summed E-state index contributed by atoms with van der Waals surface area (Å²) in [7, 11) is 0. The molecule has 3 aromatic rings. The number of fused-ring (bicyclic) bond motifs is 1. The fraction of sp³-hybridized carbons (Fsp3) is 0.0625. The van der Waals surface area contributed by atoms with E-state index in [9.17, 15) is 0 Å². The third kappa shape index (κ3) is 2.16. The molecular formula is C16H13N3. The maximum atomic E-state index is 8.79. The Labute approximate surface area is 111 Å². The van der Waals surface area contributed by atoms with Gasteiger partial charge >= 0.3 is 0 Å². The van der Waals surface area contributed by atoms with Crippen LogP contribution in [0.3, 0.4) is 0 Å². The third-order valence-corrected chi connectivity index (χ3v) is 3.23. The summed E-state index contributed by atoms with van der Waals surface area (Å²) in [5.74, 6) is 0. The van der Waals surface area contributed by atoms with Gasteiger partial charge in [0.15, 0.2) is 0 Å². The zero-order valence-electron chi connectivity index (χ0n) is 10.4. The van der Waals surface area contributed by atoms with E-state index < -0.39 is 0 Å². The van der Waals surface area contributed by atoms with Crippen molar-refractivity contribution >= 4 is 16.6 Å². The fourth-order valence-corrected chi connectivity index (χ4v) is 2.22. The molecule has 2 aromatic carbocycles. The van der Waals surface area contributed by atoms with Gasteiger partial charge in [0.2, 0.25) is 0 Å². The molecule has 3 heteroatoms. The topological polar surface area (TPSA) is 54.7 Å². The summed E-state index contributed by atoms with van der Waals surface area (Å²) >= 11 is 0. The van der Waals surface area contributed by atoms with E-state index in [2.05, 4.69) is 22.9 Å². The van der Waals surface area contributed by atoms with Crippen molar-refractivity contribution < 1.29 is 0 Å². The van der Waals surface area contributed by atoms with Crippen LogP contribution in [0.15, 0.2) is 54.7 Å². The minimum Gasteiger partial charge on any atom is -0.399 e. The molecule has 0 aliphatic heterocycles. The first kappa shape index (κ1) is 11.4. The van der Waals surface area contributed by atoms with Crippen molar-refractivity contribution in [2.45, 2.75) is 6.54 Å². The van der Waals surface area contributed by atoms with E-state index in [-0.39, 0.29) is 0 Å². The number of nitrogens with zero attached hydrogens (tertiary/aromatic N) is 2. The summed E-state index contributed by atoms with van der Waals surface area (Å²) in [5, 5.41) is 9.97. The predicted octanol–water partition coefficient (Wildman–Crippen LogP) is 3.14. The van der Waals surface area contributed by atoms with Crippen LogP contribution in [0, 0.1) is 11.3 Å². The van der Waals surface area contributed by atoms with E-state index in [1.807, 2.05) is 42.5 Å². The van der Waals surface area contributed by atoms with Crippen LogP contribution >= 0.6 is 0 Å². The van der Waals surface area contributed by atoms with Gasteiger partial charge in [0, 0.05) is 18.4 Å². The molecule has 92 valence electrons. The number of nitriles is 1. The van der Waals surface area contributed by atoms with Crippen LogP contribution in [0.5, 0.6) is 0 Å². The van der Waals surface area contributed by atoms with Crippen LogP contribution in [0.25, 0.3) is 10.9 Å². The largest absolute Gasteiger partial charge is 0.399 e. The van der Waals surface area contributed by atoms with Gasteiger partial charge in [-0.15, -0.1) is 0 Å².